The van der Waals surface area contributed by atoms with Crippen LogP contribution in [-0.2, 0) is 17.9 Å². The van der Waals surface area contributed by atoms with Crippen LogP contribution in [0.25, 0.3) is 0 Å². The van der Waals surface area contributed by atoms with Gasteiger partial charge in [-0.05, 0) is 66.8 Å². The zero-order chi connectivity index (χ0) is 18.6. The van der Waals surface area contributed by atoms with E-state index in [4.69, 9.17) is 27.9 Å². The van der Waals surface area contributed by atoms with Crippen LogP contribution in [0.2, 0.25) is 10.0 Å². The second-order valence-corrected chi connectivity index (χ2v) is 8.97. The van der Waals surface area contributed by atoms with Crippen LogP contribution in [-0.4, -0.2) is 28.5 Å². The first-order valence-corrected chi connectivity index (χ1v) is 9.93. The summed E-state index contributed by atoms with van der Waals surface area (Å²) in [7, 11) is 0. The summed E-state index contributed by atoms with van der Waals surface area (Å²) in [4.78, 5) is 14.8. The minimum atomic E-state index is -0.0604. The summed E-state index contributed by atoms with van der Waals surface area (Å²) in [5, 5.41) is 4.63. The van der Waals surface area contributed by atoms with Crippen LogP contribution in [0.1, 0.15) is 30.4 Å². The van der Waals surface area contributed by atoms with E-state index in [2.05, 4.69) is 22.3 Å². The average molecular weight is 403 g/mol. The zero-order valence-electron chi connectivity index (χ0n) is 14.8. The molecule has 1 aliphatic heterocycles. The smallest absolute Gasteiger partial charge is 0.258 e. The first-order chi connectivity index (χ1) is 13.0. The van der Waals surface area contributed by atoms with Crippen molar-refractivity contribution < 1.29 is 9.53 Å². The van der Waals surface area contributed by atoms with Gasteiger partial charge in [-0.2, -0.15) is 0 Å². The first-order valence-electron chi connectivity index (χ1n) is 9.17. The third-order valence-corrected chi connectivity index (χ3v) is 6.64. The fraction of sp³-hybridized carbons (Fsp3) is 0.381. The lowest BCUT2D eigenvalue weighted by Crippen LogP contribution is -2.83. The van der Waals surface area contributed by atoms with Gasteiger partial charge in [0.05, 0.1) is 0 Å². The van der Waals surface area contributed by atoms with Gasteiger partial charge in [0.25, 0.3) is 5.91 Å². The molecule has 4 aliphatic rings. The second-order valence-electron chi connectivity index (χ2n) is 8.09. The number of ether oxygens (including phenoxy) is 1. The Morgan fingerprint density at radius 2 is 1.67 bits per heavy atom. The highest BCUT2D eigenvalue weighted by atomic mass is 35.5. The Morgan fingerprint density at radius 1 is 1.00 bits per heavy atom. The highest BCUT2D eigenvalue weighted by molar-refractivity contribution is 6.30. The standard InChI is InChI=1S/C21H20Cl2N2O2/c22-16-3-5-18(6-4-16)27-10-19(26)24-20-11-21(12-20,13-20)25-8-14-1-2-17(23)7-15(14)9-25/h1-7H,8-13H2,(H,24,26). The molecule has 3 fully saturated rings. The fourth-order valence-corrected chi connectivity index (χ4v) is 5.23. The van der Waals surface area contributed by atoms with Crippen LogP contribution >= 0.6 is 23.2 Å². The first kappa shape index (κ1) is 17.4. The lowest BCUT2D eigenvalue weighted by molar-refractivity contribution is -0.187. The predicted molar refractivity (Wildman–Crippen MR) is 105 cm³/mol. The van der Waals surface area contributed by atoms with Gasteiger partial charge in [-0.1, -0.05) is 29.3 Å². The van der Waals surface area contributed by atoms with Gasteiger partial charge in [0.2, 0.25) is 0 Å². The van der Waals surface area contributed by atoms with E-state index in [1.165, 1.54) is 11.1 Å². The van der Waals surface area contributed by atoms with E-state index >= 15 is 0 Å². The number of nitrogens with zero attached hydrogens (tertiary/aromatic N) is 1. The molecule has 1 heterocycles. The number of hydrogen-bond acceptors (Lipinski definition) is 3. The van der Waals surface area contributed by atoms with Crippen LogP contribution < -0.4 is 10.1 Å². The van der Waals surface area contributed by atoms with Crippen LogP contribution in [0, 0.1) is 0 Å². The number of nitrogens with one attached hydrogen (secondary N) is 1. The maximum Gasteiger partial charge on any atom is 0.258 e. The summed E-state index contributed by atoms with van der Waals surface area (Å²) in [5.41, 5.74) is 2.92. The molecule has 2 aromatic rings. The summed E-state index contributed by atoms with van der Waals surface area (Å²) in [6.45, 7) is 1.97. The van der Waals surface area contributed by atoms with E-state index < -0.39 is 0 Å². The Hall–Kier alpha value is -1.75. The topological polar surface area (TPSA) is 41.6 Å². The highest BCUT2D eigenvalue weighted by Crippen LogP contribution is 2.64. The minimum absolute atomic E-state index is 0.0318. The van der Waals surface area contributed by atoms with Crippen LogP contribution in [0.3, 0.4) is 0 Å². The molecule has 0 radical (unpaired) electrons. The summed E-state index contributed by atoms with van der Waals surface area (Å²) < 4.78 is 5.54. The molecule has 2 bridgehead atoms. The molecule has 1 amide bonds. The molecule has 140 valence electrons. The third-order valence-electron chi connectivity index (χ3n) is 6.15. The fourth-order valence-electron chi connectivity index (χ4n) is 4.91. The Labute approximate surface area is 168 Å². The molecule has 4 nitrogen and oxygen atoms in total. The lowest BCUT2D eigenvalue weighted by atomic mass is 9.43. The van der Waals surface area contributed by atoms with Gasteiger partial charge in [0, 0.05) is 34.2 Å². The van der Waals surface area contributed by atoms with Crippen LogP contribution in [0.4, 0.5) is 0 Å². The van der Waals surface area contributed by atoms with Crippen LogP contribution in [0.15, 0.2) is 42.5 Å². The zero-order valence-corrected chi connectivity index (χ0v) is 16.3. The number of hydrogen-bond donors (Lipinski definition) is 1. The molecule has 3 saturated carbocycles. The SMILES string of the molecule is O=C(COc1ccc(Cl)cc1)NC12CC(N3Cc4ccc(Cl)cc4C3)(C1)C2. The molecule has 1 N–H and O–H groups in total. The number of amides is 1. The molecule has 0 aromatic heterocycles. The van der Waals surface area contributed by atoms with Crippen molar-refractivity contribution >= 4 is 29.1 Å². The molecule has 0 atom stereocenters. The summed E-state index contributed by atoms with van der Waals surface area (Å²) in [5.74, 6) is 0.590. The van der Waals surface area contributed by atoms with Crippen LogP contribution in [0.5, 0.6) is 5.75 Å². The van der Waals surface area contributed by atoms with Crippen molar-refractivity contribution in [2.24, 2.45) is 0 Å². The largest absolute Gasteiger partial charge is 0.484 e. The van der Waals surface area contributed by atoms with Crippen molar-refractivity contribution in [1.82, 2.24) is 10.2 Å². The summed E-state index contributed by atoms with van der Waals surface area (Å²) >= 11 is 12.0. The molecule has 6 rings (SSSR count). The molecule has 0 spiro atoms. The number of carbonyl (C=O) groups excluding carboxylic acids is 1. The normalized spacial score (nSPS) is 28.1. The Bertz CT molecular complexity index is 893. The number of carbonyl (C=O) groups is 1. The Kier molecular flexibility index (Phi) is 3.94. The van der Waals surface area contributed by atoms with E-state index in [1.807, 2.05) is 6.07 Å². The van der Waals surface area contributed by atoms with Gasteiger partial charge in [0.1, 0.15) is 5.75 Å². The summed E-state index contributed by atoms with van der Waals surface area (Å²) in [6.07, 6.45) is 3.07. The van der Waals surface area contributed by atoms with Gasteiger partial charge in [-0.15, -0.1) is 0 Å². The predicted octanol–water partition coefficient (Wildman–Crippen LogP) is 4.18. The molecule has 0 saturated heterocycles. The molecule has 3 aliphatic carbocycles. The Balaban J connectivity index is 1.13. The maximum absolute atomic E-state index is 12.3. The number of rotatable bonds is 5. The van der Waals surface area contributed by atoms with Crippen molar-refractivity contribution in [3.05, 3.63) is 63.6 Å². The van der Waals surface area contributed by atoms with Crippen molar-refractivity contribution in [3.8, 4) is 5.75 Å². The Morgan fingerprint density at radius 3 is 2.41 bits per heavy atom. The third kappa shape index (κ3) is 3.00. The molecule has 0 unspecified atom stereocenters. The van der Waals surface area contributed by atoms with Gasteiger partial charge in [-0.25, -0.2) is 0 Å². The van der Waals surface area contributed by atoms with Crippen molar-refractivity contribution in [3.63, 3.8) is 0 Å². The number of halogens is 2. The van der Waals surface area contributed by atoms with Crippen molar-refractivity contribution in [2.45, 2.75) is 43.4 Å². The van der Waals surface area contributed by atoms with E-state index in [0.717, 1.165) is 37.4 Å². The molecular formula is C21H20Cl2N2O2. The molecule has 6 heteroatoms. The monoisotopic (exact) mass is 402 g/mol. The quantitative estimate of drug-likeness (QED) is 0.815. The van der Waals surface area contributed by atoms with Crippen molar-refractivity contribution in [2.75, 3.05) is 6.61 Å². The molecule has 2 aromatic carbocycles. The molecule has 27 heavy (non-hydrogen) atoms. The van der Waals surface area contributed by atoms with Gasteiger partial charge < -0.3 is 10.1 Å². The average Bonchev–Trinajstić information content (AvgIpc) is 2.99. The van der Waals surface area contributed by atoms with E-state index in [0.29, 0.717) is 10.8 Å². The van der Waals surface area contributed by atoms with E-state index in [-0.39, 0.29) is 23.6 Å². The summed E-state index contributed by atoms with van der Waals surface area (Å²) in [6, 6.07) is 13.2. The van der Waals surface area contributed by atoms with E-state index in [1.54, 1.807) is 24.3 Å². The van der Waals surface area contributed by atoms with Gasteiger partial charge in [-0.3, -0.25) is 9.69 Å². The van der Waals surface area contributed by atoms with Gasteiger partial charge in [0.15, 0.2) is 6.61 Å². The molecular weight excluding hydrogens is 383 g/mol. The second kappa shape index (κ2) is 6.13. The number of fused-ring (bicyclic) bond motifs is 1. The highest BCUT2D eigenvalue weighted by Gasteiger charge is 2.71. The number of benzene rings is 2. The minimum Gasteiger partial charge on any atom is -0.484 e. The maximum atomic E-state index is 12.3. The van der Waals surface area contributed by atoms with E-state index in [9.17, 15) is 4.79 Å². The lowest BCUT2D eigenvalue weighted by Gasteiger charge is -2.73. The van der Waals surface area contributed by atoms with Gasteiger partial charge >= 0.3 is 0 Å². The van der Waals surface area contributed by atoms with Crippen molar-refractivity contribution in [1.29, 1.82) is 0 Å².